The van der Waals surface area contributed by atoms with Crippen LogP contribution in [0.25, 0.3) is 10.8 Å². The van der Waals surface area contributed by atoms with Crippen molar-refractivity contribution >= 4 is 22.7 Å². The van der Waals surface area contributed by atoms with Gasteiger partial charge in [0.15, 0.2) is 0 Å². The first-order chi connectivity index (χ1) is 15.7. The number of hydrogen-bond donors (Lipinski definition) is 2. The van der Waals surface area contributed by atoms with Crippen LogP contribution in [0.4, 0.5) is 0 Å². The molecule has 10 nitrogen and oxygen atoms in total. The van der Waals surface area contributed by atoms with E-state index in [4.69, 9.17) is 9.47 Å². The average Bonchev–Trinajstić information content (AvgIpc) is 3.54. The van der Waals surface area contributed by atoms with Crippen molar-refractivity contribution in [2.75, 3.05) is 0 Å². The molecule has 5 rings (SSSR count). The molecule has 5 aromatic rings. The van der Waals surface area contributed by atoms with Gasteiger partial charge in [-0.25, -0.2) is 9.59 Å². The number of aromatic nitrogens is 6. The second-order valence-electron chi connectivity index (χ2n) is 6.33. The predicted molar refractivity (Wildman–Crippen MR) is 113 cm³/mol. The van der Waals surface area contributed by atoms with Crippen molar-refractivity contribution < 1.29 is 46.4 Å². The molecule has 2 N–H and O–H groups in total. The first kappa shape index (κ1) is 23.7. The molecule has 33 heavy (non-hydrogen) atoms. The molecule has 0 atom stereocenters. The van der Waals surface area contributed by atoms with Crippen molar-refractivity contribution in [3.63, 3.8) is 0 Å². The first-order valence-electron chi connectivity index (χ1n) is 9.40. The summed E-state index contributed by atoms with van der Waals surface area (Å²) in [6, 6.07) is 22.6. The van der Waals surface area contributed by atoms with E-state index in [-0.39, 0.29) is 50.2 Å². The summed E-state index contributed by atoms with van der Waals surface area (Å²) in [5.41, 5.74) is 0.329. The molecule has 3 aromatic carbocycles. The Labute approximate surface area is 207 Å². The Kier molecular flexibility index (Phi) is 8.35. The number of nitrogens with zero attached hydrogens (tertiary/aromatic N) is 4. The van der Waals surface area contributed by atoms with Gasteiger partial charge in [-0.1, -0.05) is 75.2 Å². The largest absolute Gasteiger partial charge is 0.400 e. The molecule has 0 bridgehead atoms. The van der Waals surface area contributed by atoms with E-state index in [0.717, 1.165) is 0 Å². The molecule has 2 aromatic heterocycles. The number of hydrogen-bond acceptors (Lipinski definition) is 8. The number of aromatic amines is 2. The quantitative estimate of drug-likeness (QED) is 0.262. The van der Waals surface area contributed by atoms with Crippen molar-refractivity contribution in [2.45, 2.75) is 0 Å². The van der Waals surface area contributed by atoms with Gasteiger partial charge < -0.3 is 9.47 Å². The molecule has 0 saturated carbocycles. The second kappa shape index (κ2) is 11.6. The molecule has 0 unspecified atom stereocenters. The Morgan fingerprint density at radius 1 is 0.636 bits per heavy atom. The topological polar surface area (TPSA) is 136 Å². The molecule has 0 fully saturated rings. The SMILES string of the molecule is O=C(Oc1c[nH]nn1)c1cccc(C(=O)Oc2c[nH]nn2)c1.[Cd].c1ccc2ccccc2c1. The van der Waals surface area contributed by atoms with Gasteiger partial charge in [0.1, 0.15) is 0 Å². The maximum Gasteiger partial charge on any atom is 0.344 e. The number of carbonyl (C=O) groups is 2. The molecule has 0 aliphatic rings. The van der Waals surface area contributed by atoms with Crippen LogP contribution >= 0.6 is 0 Å². The van der Waals surface area contributed by atoms with E-state index in [1.54, 1.807) is 0 Å². The Balaban J connectivity index is 0.000000233. The van der Waals surface area contributed by atoms with Crippen LogP contribution in [-0.2, 0) is 27.3 Å². The molecule has 160 valence electrons. The van der Waals surface area contributed by atoms with Crippen LogP contribution in [0.1, 0.15) is 20.7 Å². The number of ether oxygens (including phenoxy) is 2. The zero-order valence-electron chi connectivity index (χ0n) is 17.2. The van der Waals surface area contributed by atoms with Crippen molar-refractivity contribution in [3.8, 4) is 11.8 Å². The van der Waals surface area contributed by atoms with E-state index in [0.29, 0.717) is 0 Å². The molecule has 2 heterocycles. The van der Waals surface area contributed by atoms with Gasteiger partial charge in [-0.2, -0.15) is 0 Å². The minimum absolute atomic E-state index is 0. The van der Waals surface area contributed by atoms with E-state index in [1.165, 1.54) is 47.4 Å². The Morgan fingerprint density at radius 3 is 1.42 bits per heavy atom. The summed E-state index contributed by atoms with van der Waals surface area (Å²) in [6.45, 7) is 0. The van der Waals surface area contributed by atoms with Crippen LogP contribution in [0.2, 0.25) is 0 Å². The third-order valence-corrected chi connectivity index (χ3v) is 4.18. The van der Waals surface area contributed by atoms with Gasteiger partial charge >= 0.3 is 11.9 Å². The number of nitrogens with one attached hydrogen (secondary N) is 2. The van der Waals surface area contributed by atoms with E-state index in [2.05, 4.69) is 79.4 Å². The standard InChI is InChI=1S/C12H8N6O4.C10H8.Cd/c19-11(21-9-5-13-17-15-9)7-2-1-3-8(4-7)12(20)22-10-6-14-18-16-10;1-2-6-10-8-4-3-7-9(10)5-1;/h1-6H,(H,13,15,17)(H,14,16,18);1-8H;. The second-order valence-corrected chi connectivity index (χ2v) is 6.33. The maximum absolute atomic E-state index is 11.9. The molecule has 11 heteroatoms. The van der Waals surface area contributed by atoms with Crippen LogP contribution in [0, 0.1) is 0 Å². The fourth-order valence-electron chi connectivity index (χ4n) is 2.70. The predicted octanol–water partition coefficient (Wildman–Crippen LogP) is 3.20. The van der Waals surface area contributed by atoms with Crippen molar-refractivity contribution in [1.29, 1.82) is 0 Å². The molecular weight excluding hydrogens is 525 g/mol. The van der Waals surface area contributed by atoms with Crippen LogP contribution < -0.4 is 9.47 Å². The fourth-order valence-corrected chi connectivity index (χ4v) is 2.70. The van der Waals surface area contributed by atoms with Crippen LogP contribution in [0.5, 0.6) is 11.8 Å². The van der Waals surface area contributed by atoms with Gasteiger partial charge in [0.2, 0.25) is 0 Å². The summed E-state index contributed by atoms with van der Waals surface area (Å²) >= 11 is 0. The molecule has 0 radical (unpaired) electrons. The van der Waals surface area contributed by atoms with Gasteiger partial charge in [-0.15, -0.1) is 0 Å². The van der Waals surface area contributed by atoms with Gasteiger partial charge in [-0.3, -0.25) is 10.2 Å². The number of esters is 2. The van der Waals surface area contributed by atoms with Crippen molar-refractivity contribution in [1.82, 2.24) is 30.8 Å². The average molecular weight is 541 g/mol. The Bertz CT molecular complexity index is 1200. The number of fused-ring (bicyclic) bond motifs is 1. The van der Waals surface area contributed by atoms with Crippen molar-refractivity contribution in [2.24, 2.45) is 0 Å². The smallest absolute Gasteiger partial charge is 0.344 e. The van der Waals surface area contributed by atoms with Gasteiger partial charge in [0.25, 0.3) is 11.8 Å². The normalized spacial score (nSPS) is 9.82. The van der Waals surface area contributed by atoms with E-state index < -0.39 is 11.9 Å². The summed E-state index contributed by atoms with van der Waals surface area (Å²) in [5, 5.41) is 21.3. The number of H-pyrrole nitrogens is 2. The van der Waals surface area contributed by atoms with Crippen LogP contribution in [0.15, 0.2) is 85.2 Å². The minimum atomic E-state index is -0.676. The Morgan fingerprint density at radius 2 is 1.06 bits per heavy atom. The zero-order chi connectivity index (χ0) is 22.2. The third kappa shape index (κ3) is 6.52. The zero-order valence-corrected chi connectivity index (χ0v) is 21.2. The van der Waals surface area contributed by atoms with Crippen molar-refractivity contribution in [3.05, 3.63) is 96.3 Å². The summed E-state index contributed by atoms with van der Waals surface area (Å²) in [6.07, 6.45) is 2.64. The summed E-state index contributed by atoms with van der Waals surface area (Å²) < 4.78 is 9.92. The molecule has 0 spiro atoms. The number of carbonyl (C=O) groups excluding carboxylic acids is 2. The summed E-state index contributed by atoms with van der Waals surface area (Å²) in [4.78, 5) is 23.8. The van der Waals surface area contributed by atoms with Gasteiger partial charge in [0, 0.05) is 27.3 Å². The summed E-state index contributed by atoms with van der Waals surface area (Å²) in [5.74, 6) is -1.30. The van der Waals surface area contributed by atoms with E-state index in [1.807, 2.05) is 0 Å². The monoisotopic (exact) mass is 542 g/mol. The number of rotatable bonds is 4. The van der Waals surface area contributed by atoms with E-state index >= 15 is 0 Å². The van der Waals surface area contributed by atoms with Gasteiger partial charge in [-0.05, 0) is 29.0 Å². The first-order valence-corrected chi connectivity index (χ1v) is 9.40. The summed E-state index contributed by atoms with van der Waals surface area (Å²) in [7, 11) is 0. The maximum atomic E-state index is 11.9. The minimum Gasteiger partial charge on any atom is -0.400 e. The van der Waals surface area contributed by atoms with Gasteiger partial charge in [0.05, 0.1) is 23.5 Å². The molecule has 0 amide bonds. The van der Waals surface area contributed by atoms with Crippen LogP contribution in [0.3, 0.4) is 0 Å². The number of benzene rings is 3. The molecule has 0 aliphatic carbocycles. The fraction of sp³-hybridized carbons (Fsp3) is 0. The van der Waals surface area contributed by atoms with E-state index in [9.17, 15) is 9.59 Å². The van der Waals surface area contributed by atoms with Crippen LogP contribution in [-0.4, -0.2) is 42.8 Å². The Hall–Kier alpha value is -3.94. The molecular formula is C22H16CdN6O4. The molecule has 0 saturated heterocycles. The third-order valence-electron chi connectivity index (χ3n) is 4.18. The molecule has 0 aliphatic heterocycles.